The van der Waals surface area contributed by atoms with Crippen molar-refractivity contribution in [2.75, 3.05) is 4.43 Å². The minimum absolute atomic E-state index is 0.0183. The van der Waals surface area contributed by atoms with E-state index in [1.54, 1.807) is 0 Å². The molecule has 4 heterocycles. The first-order chi connectivity index (χ1) is 27.5. The van der Waals surface area contributed by atoms with E-state index in [9.17, 15) is 9.90 Å². The van der Waals surface area contributed by atoms with Crippen LogP contribution in [0, 0.1) is 5.92 Å². The molecule has 0 bridgehead atoms. The van der Waals surface area contributed by atoms with Gasteiger partial charge in [0.1, 0.15) is 36.3 Å². The van der Waals surface area contributed by atoms with Crippen molar-refractivity contribution >= 4 is 53.8 Å². The highest BCUT2D eigenvalue weighted by atomic mass is 127. The SMILES string of the molecule is C=C(O)[C@H](C)CC1CC[C@@H]2O[C@@H](CCC/C=C/[C@H](O[Si](C)(C)C(C)(C)C)[C@@H]3O[C@H]4CCC(CC=O)O[C@@H]4C(O[Si](C)(C)C(C)(C)C)C3O[Si](C)(C)C(C)(C)C)C[C@]2(CI)O1. The fourth-order valence-electron chi connectivity index (χ4n) is 8.40. The molecule has 13 heteroatoms. The zero-order valence-corrected chi connectivity index (χ0v) is 45.8. The van der Waals surface area contributed by atoms with Crippen LogP contribution in [0.15, 0.2) is 24.5 Å². The second-order valence-electron chi connectivity index (χ2n) is 23.3. The van der Waals surface area contributed by atoms with Crippen molar-refractivity contribution in [1.82, 2.24) is 0 Å². The van der Waals surface area contributed by atoms with Crippen LogP contribution in [0.1, 0.15) is 133 Å². The molecule has 4 aliphatic rings. The summed E-state index contributed by atoms with van der Waals surface area (Å²) in [6, 6.07) is 0. The summed E-state index contributed by atoms with van der Waals surface area (Å²) in [6.45, 7) is 40.3. The molecule has 12 atom stereocenters. The normalized spacial score (nSPS) is 33.3. The van der Waals surface area contributed by atoms with Gasteiger partial charge in [-0.3, -0.25) is 0 Å². The number of alkyl halides is 1. The topological polar surface area (TPSA) is 102 Å². The molecule has 4 fully saturated rings. The van der Waals surface area contributed by atoms with Gasteiger partial charge in [0.2, 0.25) is 0 Å². The lowest BCUT2D eigenvalue weighted by Gasteiger charge is -2.56. The van der Waals surface area contributed by atoms with E-state index in [1.807, 2.05) is 6.92 Å². The number of aliphatic hydroxyl groups excluding tert-OH is 1. The zero-order valence-electron chi connectivity index (χ0n) is 40.7. The first-order valence-corrected chi connectivity index (χ1v) is 33.4. The van der Waals surface area contributed by atoms with Crippen LogP contribution in [0.2, 0.25) is 54.4 Å². The molecule has 60 heavy (non-hydrogen) atoms. The maximum Gasteiger partial charge on any atom is 0.193 e. The van der Waals surface area contributed by atoms with Crippen LogP contribution in [-0.2, 0) is 37.0 Å². The van der Waals surface area contributed by atoms with Gasteiger partial charge in [-0.05, 0) is 106 Å². The van der Waals surface area contributed by atoms with Gasteiger partial charge in [0.15, 0.2) is 25.0 Å². The average Bonchev–Trinajstić information content (AvgIpc) is 3.48. The smallest absolute Gasteiger partial charge is 0.193 e. The third-order valence-corrected chi connectivity index (χ3v) is 30.2. The maximum absolute atomic E-state index is 11.8. The summed E-state index contributed by atoms with van der Waals surface area (Å²) < 4.78 is 51.1. The molecule has 0 aromatic heterocycles. The molecule has 0 radical (unpaired) electrons. The molecule has 4 rings (SSSR count). The van der Waals surface area contributed by atoms with Crippen LogP contribution in [0.4, 0.5) is 0 Å². The molecule has 1 N–H and O–H groups in total. The average molecular weight is 1010 g/mol. The van der Waals surface area contributed by atoms with Gasteiger partial charge in [0.05, 0.1) is 42.4 Å². The third-order valence-electron chi connectivity index (χ3n) is 15.5. The lowest BCUT2D eigenvalue weighted by Crippen LogP contribution is -2.69. The Morgan fingerprint density at radius 2 is 1.42 bits per heavy atom. The number of carbonyl (C=O) groups is 1. The molecular weight excluding hydrogens is 920 g/mol. The second-order valence-corrected chi connectivity index (χ2v) is 38.4. The molecule has 9 nitrogen and oxygen atoms in total. The first-order valence-electron chi connectivity index (χ1n) is 23.2. The summed E-state index contributed by atoms with van der Waals surface area (Å²) in [5.74, 6) is 0.257. The van der Waals surface area contributed by atoms with Gasteiger partial charge in [-0.1, -0.05) is 111 Å². The van der Waals surface area contributed by atoms with E-state index in [4.69, 9.17) is 32.2 Å². The molecule has 4 unspecified atom stereocenters. The molecule has 0 aliphatic carbocycles. The largest absolute Gasteiger partial charge is 0.513 e. The Kier molecular flexibility index (Phi) is 17.8. The predicted molar refractivity (Wildman–Crippen MR) is 261 cm³/mol. The van der Waals surface area contributed by atoms with Gasteiger partial charge >= 0.3 is 0 Å². The molecule has 348 valence electrons. The Morgan fingerprint density at radius 1 is 0.833 bits per heavy atom. The van der Waals surface area contributed by atoms with Crippen molar-refractivity contribution in [2.45, 2.75) is 254 Å². The van der Waals surface area contributed by atoms with Crippen molar-refractivity contribution < 1.29 is 42.1 Å². The Hall–Kier alpha value is 0.0506. The summed E-state index contributed by atoms with van der Waals surface area (Å²) in [5.41, 5.74) is -0.267. The van der Waals surface area contributed by atoms with Crippen molar-refractivity contribution in [3.05, 3.63) is 24.5 Å². The summed E-state index contributed by atoms with van der Waals surface area (Å²) in [5, 5.41) is 9.85. The highest BCUT2D eigenvalue weighted by Gasteiger charge is 2.58. The van der Waals surface area contributed by atoms with Crippen LogP contribution in [0.25, 0.3) is 0 Å². The fourth-order valence-corrected chi connectivity index (χ4v) is 13.2. The van der Waals surface area contributed by atoms with Crippen LogP contribution in [0.3, 0.4) is 0 Å². The molecule has 0 aromatic carbocycles. The number of aldehydes is 1. The Balaban J connectivity index is 1.64. The van der Waals surface area contributed by atoms with Crippen LogP contribution in [0.5, 0.6) is 0 Å². The monoisotopic (exact) mass is 1010 g/mol. The lowest BCUT2D eigenvalue weighted by atomic mass is 9.85. The molecule has 0 amide bonds. The maximum atomic E-state index is 11.8. The Labute approximate surface area is 383 Å². The minimum Gasteiger partial charge on any atom is -0.513 e. The van der Waals surface area contributed by atoms with E-state index in [0.29, 0.717) is 6.42 Å². The number of ether oxygens (including phenoxy) is 4. The first kappa shape index (κ1) is 52.7. The Bertz CT molecular complexity index is 1450. The van der Waals surface area contributed by atoms with Crippen molar-refractivity contribution in [1.29, 1.82) is 0 Å². The molecule has 0 saturated carbocycles. The number of rotatable bonds is 18. The zero-order chi connectivity index (χ0) is 45.3. The van der Waals surface area contributed by atoms with E-state index in [0.717, 1.165) is 68.5 Å². The highest BCUT2D eigenvalue weighted by Crippen LogP contribution is 2.48. The highest BCUT2D eigenvalue weighted by molar-refractivity contribution is 14.1. The van der Waals surface area contributed by atoms with Crippen molar-refractivity contribution in [3.8, 4) is 0 Å². The number of hydrogen-bond donors (Lipinski definition) is 1. The number of aliphatic hydroxyl groups is 1. The number of carbonyl (C=O) groups excluding carboxylic acids is 1. The quantitative estimate of drug-likeness (QED) is 0.0274. The number of halogens is 1. The summed E-state index contributed by atoms with van der Waals surface area (Å²) in [6.07, 6.45) is 12.1. The van der Waals surface area contributed by atoms with E-state index in [-0.39, 0.29) is 81.2 Å². The number of fused-ring (bicyclic) bond motifs is 2. The van der Waals surface area contributed by atoms with Gasteiger partial charge in [-0.2, -0.15) is 0 Å². The van der Waals surface area contributed by atoms with E-state index < -0.39 is 37.2 Å². The van der Waals surface area contributed by atoms with Gasteiger partial charge in [-0.25, -0.2) is 0 Å². The number of allylic oxidation sites excluding steroid dienone is 2. The standard InChI is InChI=1S/C47H87IO9Si3/c1-32(33(2)50)29-35-24-26-39-47(31-48,54-35)30-36(51-39)21-19-18-20-22-38(55-58(12,13)44(3,4)5)41-43(57-60(16,17)46(9,10)11)42(56-59(14,15)45(6,7)8)40-37(53-41)25-23-34(52-40)27-28-49/h20,22,28,32,34-43,50H,2,18-19,21,23-27,29-31H2,1,3-17H3/b22-20+/t32-,34?,35?,36+,37+,38+,39+,40+,41+,42?,43?,47-/m1/s1. The van der Waals surface area contributed by atoms with E-state index in [1.165, 1.54) is 0 Å². The van der Waals surface area contributed by atoms with Gasteiger partial charge < -0.3 is 42.1 Å². The predicted octanol–water partition coefficient (Wildman–Crippen LogP) is 12.4. The van der Waals surface area contributed by atoms with Gasteiger partial charge in [0.25, 0.3) is 0 Å². The van der Waals surface area contributed by atoms with Gasteiger partial charge in [0, 0.05) is 23.2 Å². The summed E-state index contributed by atoms with van der Waals surface area (Å²) in [7, 11) is -7.06. The third kappa shape index (κ3) is 12.7. The fraction of sp³-hybridized carbons (Fsp3) is 0.894. The van der Waals surface area contributed by atoms with Crippen LogP contribution < -0.4 is 0 Å². The van der Waals surface area contributed by atoms with E-state index in [2.05, 4.69) is 143 Å². The molecule has 4 aliphatic heterocycles. The molecule has 0 aromatic rings. The summed E-state index contributed by atoms with van der Waals surface area (Å²) in [4.78, 5) is 11.8. The summed E-state index contributed by atoms with van der Waals surface area (Å²) >= 11 is 2.48. The van der Waals surface area contributed by atoms with E-state index >= 15 is 0 Å². The molecule has 4 saturated heterocycles. The molecule has 0 spiro atoms. The van der Waals surface area contributed by atoms with Crippen LogP contribution >= 0.6 is 22.6 Å². The Morgan fingerprint density at radius 3 is 1.97 bits per heavy atom. The van der Waals surface area contributed by atoms with Crippen LogP contribution in [-0.4, -0.2) is 107 Å². The minimum atomic E-state index is -2.39. The number of unbranched alkanes of at least 4 members (excludes halogenated alkanes) is 1. The molecular formula is C47H87IO9Si3. The van der Waals surface area contributed by atoms with Gasteiger partial charge in [-0.15, -0.1) is 0 Å². The van der Waals surface area contributed by atoms with Crippen molar-refractivity contribution in [3.63, 3.8) is 0 Å². The number of hydrogen-bond acceptors (Lipinski definition) is 9. The second kappa shape index (κ2) is 20.3. The van der Waals surface area contributed by atoms with Crippen molar-refractivity contribution in [2.24, 2.45) is 5.92 Å². The lowest BCUT2D eigenvalue weighted by molar-refractivity contribution is -0.266.